The first-order valence-electron chi connectivity index (χ1n) is 8.42. The summed E-state index contributed by atoms with van der Waals surface area (Å²) in [5.41, 5.74) is 2.97. The van der Waals surface area contributed by atoms with Crippen LogP contribution in [0, 0.1) is 5.95 Å². The van der Waals surface area contributed by atoms with Gasteiger partial charge in [0.15, 0.2) is 5.75 Å². The number of rotatable bonds is 9. The van der Waals surface area contributed by atoms with E-state index < -0.39 is 5.95 Å². The van der Waals surface area contributed by atoms with E-state index in [0.717, 1.165) is 16.6 Å². The van der Waals surface area contributed by atoms with Crippen LogP contribution in [0.5, 0.6) is 5.75 Å². The van der Waals surface area contributed by atoms with Crippen LogP contribution in [-0.2, 0) is 16.0 Å². The average Bonchev–Trinajstić information content (AvgIpc) is 3.05. The van der Waals surface area contributed by atoms with E-state index in [0.29, 0.717) is 42.8 Å². The lowest BCUT2D eigenvalue weighted by Crippen LogP contribution is -2.19. The topological polar surface area (TPSA) is 68.4 Å². The molecule has 144 valence electrons. The van der Waals surface area contributed by atoms with Crippen LogP contribution in [-0.4, -0.2) is 44.1 Å². The lowest BCUT2D eigenvalue weighted by Gasteiger charge is -2.06. The highest BCUT2D eigenvalue weighted by atomic mass is 35.5. The van der Waals surface area contributed by atoms with Crippen molar-refractivity contribution in [3.63, 3.8) is 0 Å². The van der Waals surface area contributed by atoms with Crippen LogP contribution in [0.4, 0.5) is 4.39 Å². The van der Waals surface area contributed by atoms with Crippen molar-refractivity contribution in [2.24, 2.45) is 0 Å². The summed E-state index contributed by atoms with van der Waals surface area (Å²) in [6, 6.07) is 8.92. The molecule has 2 heterocycles. The van der Waals surface area contributed by atoms with Gasteiger partial charge in [-0.1, -0.05) is 11.6 Å². The lowest BCUT2D eigenvalue weighted by molar-refractivity contribution is 0.0602. The van der Waals surface area contributed by atoms with Crippen LogP contribution in [0.25, 0.3) is 22.2 Å². The number of methoxy groups -OCH3 is 2. The van der Waals surface area contributed by atoms with Gasteiger partial charge in [-0.3, -0.25) is 5.32 Å². The molecule has 8 heteroatoms. The Morgan fingerprint density at radius 2 is 2.04 bits per heavy atom. The van der Waals surface area contributed by atoms with Crippen molar-refractivity contribution in [2.75, 3.05) is 34.2 Å². The Labute approximate surface area is 161 Å². The van der Waals surface area contributed by atoms with E-state index in [-0.39, 0.29) is 5.75 Å². The Morgan fingerprint density at radius 1 is 1.19 bits per heavy atom. The first kappa shape index (κ1) is 19.6. The number of pyridine rings is 1. The molecular formula is C19H21ClFN3O3. The molecule has 6 nitrogen and oxygen atoms in total. The fourth-order valence-electron chi connectivity index (χ4n) is 2.70. The zero-order valence-corrected chi connectivity index (χ0v) is 15.9. The minimum Gasteiger partial charge on any atom is -0.492 e. The van der Waals surface area contributed by atoms with Gasteiger partial charge >= 0.3 is 0 Å². The van der Waals surface area contributed by atoms with Gasteiger partial charge in [0, 0.05) is 35.8 Å². The number of nitrogens with one attached hydrogen (secondary N) is 2. The molecular weight excluding hydrogens is 373 g/mol. The van der Waals surface area contributed by atoms with Crippen molar-refractivity contribution in [3.8, 4) is 17.0 Å². The third-order valence-electron chi connectivity index (χ3n) is 4.03. The molecule has 0 saturated heterocycles. The summed E-state index contributed by atoms with van der Waals surface area (Å²) in [5, 5.41) is 4.65. The van der Waals surface area contributed by atoms with E-state index in [4.69, 9.17) is 25.8 Å². The highest BCUT2D eigenvalue weighted by Gasteiger charge is 2.12. The van der Waals surface area contributed by atoms with E-state index in [2.05, 4.69) is 15.3 Å². The summed E-state index contributed by atoms with van der Waals surface area (Å²) in [4.78, 5) is 7.27. The molecule has 0 aliphatic rings. The highest BCUT2D eigenvalue weighted by molar-refractivity contribution is 6.34. The largest absolute Gasteiger partial charge is 0.492 e. The van der Waals surface area contributed by atoms with Crippen molar-refractivity contribution in [1.29, 1.82) is 0 Å². The molecule has 0 unspecified atom stereocenters. The van der Waals surface area contributed by atoms with Gasteiger partial charge in [0.25, 0.3) is 5.95 Å². The van der Waals surface area contributed by atoms with Crippen LogP contribution < -0.4 is 10.1 Å². The molecule has 0 radical (unpaired) electrons. The van der Waals surface area contributed by atoms with Gasteiger partial charge in [-0.25, -0.2) is 4.98 Å². The van der Waals surface area contributed by atoms with E-state index >= 15 is 0 Å². The van der Waals surface area contributed by atoms with E-state index in [1.54, 1.807) is 13.2 Å². The molecule has 0 amide bonds. The quantitative estimate of drug-likeness (QED) is 0.329. The number of halogens is 2. The summed E-state index contributed by atoms with van der Waals surface area (Å²) < 4.78 is 29.1. The fourth-order valence-corrected chi connectivity index (χ4v) is 2.97. The van der Waals surface area contributed by atoms with Crippen LogP contribution in [0.3, 0.4) is 0 Å². The summed E-state index contributed by atoms with van der Waals surface area (Å²) in [7, 11) is 3.03. The molecule has 0 spiro atoms. The molecule has 2 N–H and O–H groups in total. The zero-order valence-electron chi connectivity index (χ0n) is 15.1. The van der Waals surface area contributed by atoms with Gasteiger partial charge in [0.1, 0.15) is 0 Å². The van der Waals surface area contributed by atoms with Crippen molar-refractivity contribution >= 4 is 22.5 Å². The van der Waals surface area contributed by atoms with Crippen LogP contribution in [0.1, 0.15) is 5.69 Å². The molecule has 0 aliphatic carbocycles. The molecule has 0 aliphatic heterocycles. The molecule has 27 heavy (non-hydrogen) atoms. The third-order valence-corrected chi connectivity index (χ3v) is 4.34. The van der Waals surface area contributed by atoms with Gasteiger partial charge in [-0.15, -0.1) is 0 Å². The van der Waals surface area contributed by atoms with Crippen molar-refractivity contribution in [1.82, 2.24) is 15.3 Å². The number of fused-ring (bicyclic) bond motifs is 1. The van der Waals surface area contributed by atoms with Crippen LogP contribution in [0.15, 0.2) is 30.3 Å². The van der Waals surface area contributed by atoms with Crippen molar-refractivity contribution in [3.05, 3.63) is 47.0 Å². The predicted octanol–water partition coefficient (Wildman–Crippen LogP) is 3.74. The van der Waals surface area contributed by atoms with Crippen molar-refractivity contribution < 1.29 is 18.6 Å². The van der Waals surface area contributed by atoms with Crippen LogP contribution in [0.2, 0.25) is 5.02 Å². The van der Waals surface area contributed by atoms with E-state index in [1.807, 2.05) is 18.2 Å². The summed E-state index contributed by atoms with van der Waals surface area (Å²) in [5.74, 6) is -0.576. The smallest absolute Gasteiger partial charge is 0.255 e. The molecule has 0 bridgehead atoms. The number of hydrogen-bond donors (Lipinski definition) is 2. The SMILES string of the molecule is COCCOCNCc1cc2cc(Cl)c(-c3ccc(OC)c(F)n3)cc2[nH]1. The molecule has 3 rings (SSSR count). The first-order valence-corrected chi connectivity index (χ1v) is 8.79. The first-order chi connectivity index (χ1) is 13.1. The summed E-state index contributed by atoms with van der Waals surface area (Å²) in [6.07, 6.45) is 0. The van der Waals surface area contributed by atoms with Gasteiger partial charge in [0.05, 0.1) is 37.8 Å². The van der Waals surface area contributed by atoms with E-state index in [1.165, 1.54) is 13.2 Å². The maximum Gasteiger partial charge on any atom is 0.255 e. The molecule has 3 aromatic rings. The highest BCUT2D eigenvalue weighted by Crippen LogP contribution is 2.32. The second kappa shape index (κ2) is 9.14. The normalized spacial score (nSPS) is 11.3. The Kier molecular flexibility index (Phi) is 6.63. The van der Waals surface area contributed by atoms with E-state index in [9.17, 15) is 4.39 Å². The zero-order chi connectivity index (χ0) is 19.2. The average molecular weight is 394 g/mol. The number of nitrogens with zero attached hydrogens (tertiary/aromatic N) is 1. The summed E-state index contributed by atoms with van der Waals surface area (Å²) in [6.45, 7) is 2.15. The lowest BCUT2D eigenvalue weighted by atomic mass is 10.1. The maximum absolute atomic E-state index is 13.9. The molecule has 1 aromatic carbocycles. The number of benzene rings is 1. The molecule has 0 saturated carbocycles. The number of hydrogen-bond acceptors (Lipinski definition) is 5. The second-order valence-corrected chi connectivity index (χ2v) is 6.28. The molecule has 0 atom stereocenters. The third kappa shape index (κ3) is 4.75. The minimum atomic E-state index is -0.670. The Hall–Kier alpha value is -2.19. The van der Waals surface area contributed by atoms with Gasteiger partial charge in [-0.05, 0) is 30.3 Å². The number of H-pyrrole nitrogens is 1. The number of aromatic nitrogens is 2. The maximum atomic E-state index is 13.9. The van der Waals surface area contributed by atoms with Gasteiger partial charge in [-0.2, -0.15) is 4.39 Å². The standard InChI is InChI=1S/C19H21ClFN3O3/c1-25-5-6-27-11-22-10-13-7-12-8-15(20)14(9-17(12)23-13)16-3-4-18(26-2)19(21)24-16/h3-4,7-9,22-23H,5-6,10-11H2,1-2H3. The van der Waals surface area contributed by atoms with Crippen LogP contribution >= 0.6 is 11.6 Å². The fraction of sp³-hybridized carbons (Fsp3) is 0.316. The predicted molar refractivity (Wildman–Crippen MR) is 103 cm³/mol. The Morgan fingerprint density at radius 3 is 2.78 bits per heavy atom. The van der Waals surface area contributed by atoms with Gasteiger partial charge in [0.2, 0.25) is 0 Å². The molecule has 2 aromatic heterocycles. The summed E-state index contributed by atoms with van der Waals surface area (Å²) >= 11 is 6.39. The second-order valence-electron chi connectivity index (χ2n) is 5.88. The van der Waals surface area contributed by atoms with Gasteiger partial charge < -0.3 is 19.2 Å². The Bertz CT molecular complexity index is 917. The van der Waals surface area contributed by atoms with Crippen molar-refractivity contribution in [2.45, 2.75) is 6.54 Å². The Balaban J connectivity index is 1.75. The number of ether oxygens (including phenoxy) is 3. The monoisotopic (exact) mass is 393 g/mol. The minimum absolute atomic E-state index is 0.0944. The number of aromatic amines is 1. The molecule has 0 fully saturated rings.